The summed E-state index contributed by atoms with van der Waals surface area (Å²) in [6.07, 6.45) is 2.84. The molecule has 1 aliphatic heterocycles. The van der Waals surface area contributed by atoms with Crippen molar-refractivity contribution in [1.29, 1.82) is 0 Å². The molecule has 2 heterocycles. The highest BCUT2D eigenvalue weighted by molar-refractivity contribution is 5.95. The molecule has 1 aromatic heterocycles. The summed E-state index contributed by atoms with van der Waals surface area (Å²) < 4.78 is 5.20. The van der Waals surface area contributed by atoms with Gasteiger partial charge in [-0.1, -0.05) is 45.9 Å². The summed E-state index contributed by atoms with van der Waals surface area (Å²) in [7, 11) is 0. The van der Waals surface area contributed by atoms with Gasteiger partial charge in [-0.25, -0.2) is 0 Å². The summed E-state index contributed by atoms with van der Waals surface area (Å²) in [6.45, 7) is 9.73. The molecule has 0 atom stereocenters. The largest absolute Gasteiger partial charge is 0.459 e. The molecule has 5 nitrogen and oxygen atoms in total. The second-order valence-corrected chi connectivity index (χ2v) is 8.15. The maximum absolute atomic E-state index is 13.0. The lowest BCUT2D eigenvalue weighted by Gasteiger charge is -2.31. The number of amides is 2. The minimum atomic E-state index is -0.101. The van der Waals surface area contributed by atoms with E-state index in [0.717, 1.165) is 5.69 Å². The van der Waals surface area contributed by atoms with Crippen LogP contribution in [0.3, 0.4) is 0 Å². The summed E-state index contributed by atoms with van der Waals surface area (Å²) in [5.74, 6) is 0.899. The first-order valence-electron chi connectivity index (χ1n) is 10.1. The van der Waals surface area contributed by atoms with Crippen molar-refractivity contribution in [3.63, 3.8) is 0 Å². The SMILES string of the molecule is CC(C)c1cccc(C(C)C)c1NC(=O)C1CCN(C(=O)c2ccco2)CC1. The van der Waals surface area contributed by atoms with Crippen molar-refractivity contribution in [1.82, 2.24) is 4.90 Å². The van der Waals surface area contributed by atoms with Gasteiger partial charge in [0.15, 0.2) is 5.76 Å². The van der Waals surface area contributed by atoms with E-state index in [4.69, 9.17) is 4.42 Å². The Morgan fingerprint density at radius 2 is 1.61 bits per heavy atom. The van der Waals surface area contributed by atoms with Crippen molar-refractivity contribution in [2.24, 2.45) is 5.92 Å². The standard InChI is InChI=1S/C23H30N2O3/c1-15(2)18-7-5-8-19(16(3)4)21(18)24-22(26)17-10-12-25(13-11-17)23(27)20-9-6-14-28-20/h5-9,14-17H,10-13H2,1-4H3,(H,24,26). The van der Waals surface area contributed by atoms with Crippen LogP contribution in [0, 0.1) is 5.92 Å². The van der Waals surface area contributed by atoms with Gasteiger partial charge in [0.2, 0.25) is 5.91 Å². The smallest absolute Gasteiger partial charge is 0.289 e. The summed E-state index contributed by atoms with van der Waals surface area (Å²) in [5.41, 5.74) is 3.31. The fourth-order valence-electron chi connectivity index (χ4n) is 3.82. The molecule has 0 radical (unpaired) electrons. The highest BCUT2D eigenvalue weighted by Gasteiger charge is 2.29. The lowest BCUT2D eigenvalue weighted by atomic mass is 9.91. The van der Waals surface area contributed by atoms with Crippen molar-refractivity contribution in [2.75, 3.05) is 18.4 Å². The topological polar surface area (TPSA) is 62.6 Å². The third-order valence-corrected chi connectivity index (χ3v) is 5.51. The molecule has 1 aromatic carbocycles. The molecule has 0 aliphatic carbocycles. The second-order valence-electron chi connectivity index (χ2n) is 8.15. The molecule has 0 spiro atoms. The van der Waals surface area contributed by atoms with Crippen molar-refractivity contribution < 1.29 is 14.0 Å². The molecule has 2 aromatic rings. The van der Waals surface area contributed by atoms with Crippen molar-refractivity contribution in [3.8, 4) is 0 Å². The van der Waals surface area contributed by atoms with Crippen LogP contribution in [0.15, 0.2) is 41.0 Å². The van der Waals surface area contributed by atoms with Gasteiger partial charge < -0.3 is 14.6 Å². The summed E-state index contributed by atoms with van der Waals surface area (Å²) >= 11 is 0. The first-order valence-corrected chi connectivity index (χ1v) is 10.1. The number of anilines is 1. The molecule has 3 rings (SSSR count). The summed E-state index contributed by atoms with van der Waals surface area (Å²) in [4.78, 5) is 27.2. The normalized spacial score (nSPS) is 15.3. The fourth-order valence-corrected chi connectivity index (χ4v) is 3.82. The number of nitrogens with zero attached hydrogens (tertiary/aromatic N) is 1. The van der Waals surface area contributed by atoms with Gasteiger partial charge in [0.1, 0.15) is 0 Å². The van der Waals surface area contributed by atoms with Gasteiger partial charge in [-0.05, 0) is 47.9 Å². The van der Waals surface area contributed by atoms with Gasteiger partial charge in [0.05, 0.1) is 6.26 Å². The molecule has 150 valence electrons. The molecule has 1 fully saturated rings. The van der Waals surface area contributed by atoms with Gasteiger partial charge in [0.25, 0.3) is 5.91 Å². The Hall–Kier alpha value is -2.56. The molecule has 1 saturated heterocycles. The average molecular weight is 383 g/mol. The van der Waals surface area contributed by atoms with Crippen LogP contribution in [0.4, 0.5) is 5.69 Å². The van der Waals surface area contributed by atoms with Gasteiger partial charge in [-0.15, -0.1) is 0 Å². The van der Waals surface area contributed by atoms with Crippen LogP contribution >= 0.6 is 0 Å². The number of para-hydroxylation sites is 1. The monoisotopic (exact) mass is 382 g/mol. The van der Waals surface area contributed by atoms with Gasteiger partial charge in [-0.2, -0.15) is 0 Å². The third-order valence-electron chi connectivity index (χ3n) is 5.51. The van der Waals surface area contributed by atoms with Crippen LogP contribution in [0.2, 0.25) is 0 Å². The minimum absolute atomic E-state index is 0.0556. The van der Waals surface area contributed by atoms with E-state index in [1.807, 2.05) is 0 Å². The highest BCUT2D eigenvalue weighted by atomic mass is 16.3. The van der Waals surface area contributed by atoms with E-state index in [0.29, 0.717) is 43.5 Å². The minimum Gasteiger partial charge on any atom is -0.459 e. The number of hydrogen-bond donors (Lipinski definition) is 1. The summed E-state index contributed by atoms with van der Waals surface area (Å²) in [5, 5.41) is 3.22. The Morgan fingerprint density at radius 3 is 2.11 bits per heavy atom. The fraction of sp³-hybridized carbons (Fsp3) is 0.478. The predicted molar refractivity (Wildman–Crippen MR) is 111 cm³/mol. The predicted octanol–water partition coefficient (Wildman–Crippen LogP) is 5.02. The van der Waals surface area contributed by atoms with E-state index in [9.17, 15) is 9.59 Å². The number of carbonyl (C=O) groups is 2. The zero-order valence-electron chi connectivity index (χ0n) is 17.2. The van der Waals surface area contributed by atoms with E-state index in [-0.39, 0.29) is 17.7 Å². The molecule has 0 saturated carbocycles. The average Bonchev–Trinajstić information content (AvgIpc) is 3.22. The number of hydrogen-bond acceptors (Lipinski definition) is 3. The first-order chi connectivity index (χ1) is 13.4. The van der Waals surface area contributed by atoms with E-state index in [1.165, 1.54) is 17.4 Å². The molecule has 1 aliphatic rings. The molecule has 2 amide bonds. The quantitative estimate of drug-likeness (QED) is 0.790. The molecule has 28 heavy (non-hydrogen) atoms. The number of nitrogens with one attached hydrogen (secondary N) is 1. The third kappa shape index (κ3) is 4.29. The zero-order chi connectivity index (χ0) is 20.3. The van der Waals surface area contributed by atoms with Crippen LogP contribution in [0.5, 0.6) is 0 Å². The molecule has 1 N–H and O–H groups in total. The Labute approximate surface area is 167 Å². The van der Waals surface area contributed by atoms with Crippen LogP contribution in [0.25, 0.3) is 0 Å². The zero-order valence-corrected chi connectivity index (χ0v) is 17.2. The Bertz CT molecular complexity index is 790. The molecule has 0 unspecified atom stereocenters. The highest BCUT2D eigenvalue weighted by Crippen LogP contribution is 2.33. The Kier molecular flexibility index (Phi) is 6.22. The first kappa shape index (κ1) is 20.2. The number of piperidine rings is 1. The summed E-state index contributed by atoms with van der Waals surface area (Å²) in [6, 6.07) is 9.65. The number of benzene rings is 1. The number of likely N-dealkylation sites (tertiary alicyclic amines) is 1. The van der Waals surface area contributed by atoms with Gasteiger partial charge in [-0.3, -0.25) is 9.59 Å². The molecular weight excluding hydrogens is 352 g/mol. The van der Waals surface area contributed by atoms with Gasteiger partial charge >= 0.3 is 0 Å². The van der Waals surface area contributed by atoms with E-state index in [2.05, 4.69) is 51.2 Å². The molecular formula is C23H30N2O3. The molecule has 5 heteroatoms. The van der Waals surface area contributed by atoms with E-state index < -0.39 is 0 Å². The van der Waals surface area contributed by atoms with E-state index in [1.54, 1.807) is 17.0 Å². The maximum atomic E-state index is 13.0. The molecule has 0 bridgehead atoms. The van der Waals surface area contributed by atoms with Crippen molar-refractivity contribution >= 4 is 17.5 Å². The van der Waals surface area contributed by atoms with Gasteiger partial charge in [0, 0.05) is 24.7 Å². The second kappa shape index (κ2) is 8.63. The van der Waals surface area contributed by atoms with Crippen LogP contribution < -0.4 is 5.32 Å². The maximum Gasteiger partial charge on any atom is 0.289 e. The van der Waals surface area contributed by atoms with Crippen LogP contribution in [-0.4, -0.2) is 29.8 Å². The lowest BCUT2D eigenvalue weighted by molar-refractivity contribution is -0.121. The lowest BCUT2D eigenvalue weighted by Crippen LogP contribution is -2.41. The Balaban J connectivity index is 1.67. The van der Waals surface area contributed by atoms with Crippen molar-refractivity contribution in [2.45, 2.75) is 52.4 Å². The Morgan fingerprint density at radius 1 is 1.00 bits per heavy atom. The number of rotatable bonds is 5. The van der Waals surface area contributed by atoms with Crippen LogP contribution in [-0.2, 0) is 4.79 Å². The van der Waals surface area contributed by atoms with Crippen molar-refractivity contribution in [3.05, 3.63) is 53.5 Å². The van der Waals surface area contributed by atoms with Crippen LogP contribution in [0.1, 0.15) is 74.1 Å². The number of furan rings is 1. The van der Waals surface area contributed by atoms with E-state index >= 15 is 0 Å². The number of carbonyl (C=O) groups excluding carboxylic acids is 2.